The smallest absolute Gasteiger partial charge is 0.355 e. The summed E-state index contributed by atoms with van der Waals surface area (Å²) in [6, 6.07) is 23.6. The maximum atomic E-state index is 13.2. The van der Waals surface area contributed by atoms with Crippen LogP contribution >= 0.6 is 11.6 Å². The molecule has 39 heavy (non-hydrogen) atoms. The van der Waals surface area contributed by atoms with Crippen LogP contribution < -0.4 is 16.0 Å². The molecule has 1 atom stereocenters. The monoisotopic (exact) mass is 542 g/mol. The summed E-state index contributed by atoms with van der Waals surface area (Å²) in [7, 11) is 2.34. The van der Waals surface area contributed by atoms with Crippen molar-refractivity contribution in [3.05, 3.63) is 118 Å². The van der Waals surface area contributed by atoms with Gasteiger partial charge in [0.2, 0.25) is 0 Å². The van der Waals surface area contributed by atoms with E-state index in [4.69, 9.17) is 26.8 Å². The number of esters is 2. The number of hydrogen-bond donors (Lipinski definition) is 2. The molecule has 0 saturated heterocycles. The van der Waals surface area contributed by atoms with E-state index in [9.17, 15) is 19.6 Å². The van der Waals surface area contributed by atoms with Crippen molar-refractivity contribution in [3.63, 3.8) is 0 Å². The molecule has 9 nitrogen and oxygen atoms in total. The van der Waals surface area contributed by atoms with Gasteiger partial charge in [-0.25, -0.2) is 9.59 Å². The van der Waals surface area contributed by atoms with Crippen LogP contribution in [0, 0.1) is 11.3 Å². The molecule has 1 aliphatic heterocycles. The van der Waals surface area contributed by atoms with E-state index in [0.717, 1.165) is 7.11 Å². The van der Waals surface area contributed by atoms with Crippen molar-refractivity contribution < 1.29 is 23.9 Å². The summed E-state index contributed by atoms with van der Waals surface area (Å²) < 4.78 is 10.1. The fourth-order valence-corrected chi connectivity index (χ4v) is 4.43. The lowest BCUT2D eigenvalue weighted by Gasteiger charge is -2.36. The number of amides is 1. The number of halogens is 1. The average Bonchev–Trinajstić information content (AvgIpc) is 2.97. The highest BCUT2D eigenvalue weighted by Crippen LogP contribution is 2.43. The van der Waals surface area contributed by atoms with Gasteiger partial charge in [-0.2, -0.15) is 5.26 Å². The normalized spacial score (nSPS) is 14.9. The van der Waals surface area contributed by atoms with Gasteiger partial charge < -0.3 is 20.5 Å². The molecule has 10 heteroatoms. The van der Waals surface area contributed by atoms with Crippen LogP contribution in [0.5, 0.6) is 0 Å². The van der Waals surface area contributed by atoms with E-state index in [1.54, 1.807) is 72.8 Å². The SMILES string of the molecule is COC(=O)C1=C(C(=O)OC)N(c2cccc(C(=O)Nc3ccc(Cl)cc3)c2)C(N)=C(C#N)C1c1ccccc1. The number of ether oxygens (including phenoxy) is 2. The fourth-order valence-electron chi connectivity index (χ4n) is 4.30. The predicted octanol–water partition coefficient (Wildman–Crippen LogP) is 4.49. The van der Waals surface area contributed by atoms with E-state index in [1.807, 2.05) is 0 Å². The number of benzene rings is 3. The van der Waals surface area contributed by atoms with Crippen molar-refractivity contribution in [2.24, 2.45) is 5.73 Å². The number of hydrogen-bond acceptors (Lipinski definition) is 8. The second-order valence-electron chi connectivity index (χ2n) is 8.35. The van der Waals surface area contributed by atoms with E-state index in [0.29, 0.717) is 16.3 Å². The van der Waals surface area contributed by atoms with Gasteiger partial charge in [-0.05, 0) is 48.0 Å². The van der Waals surface area contributed by atoms with Crippen molar-refractivity contribution in [3.8, 4) is 6.07 Å². The van der Waals surface area contributed by atoms with Crippen LogP contribution in [0.2, 0.25) is 5.02 Å². The van der Waals surface area contributed by atoms with Crippen LogP contribution in [0.3, 0.4) is 0 Å². The molecule has 3 aromatic carbocycles. The van der Waals surface area contributed by atoms with Gasteiger partial charge in [-0.3, -0.25) is 9.69 Å². The third kappa shape index (κ3) is 5.32. The molecule has 0 saturated carbocycles. The molecule has 0 fully saturated rings. The van der Waals surface area contributed by atoms with E-state index in [2.05, 4.69) is 11.4 Å². The molecule has 3 aromatic rings. The van der Waals surface area contributed by atoms with Crippen molar-refractivity contribution in [2.45, 2.75) is 5.92 Å². The highest BCUT2D eigenvalue weighted by atomic mass is 35.5. The summed E-state index contributed by atoms with van der Waals surface area (Å²) in [6.45, 7) is 0. The minimum atomic E-state index is -0.995. The summed E-state index contributed by atoms with van der Waals surface area (Å²) in [6.07, 6.45) is 0. The molecule has 1 heterocycles. The lowest BCUT2D eigenvalue weighted by Crippen LogP contribution is -2.40. The van der Waals surface area contributed by atoms with Crippen molar-refractivity contribution in [2.75, 3.05) is 24.4 Å². The molecule has 0 aromatic heterocycles. The first-order chi connectivity index (χ1) is 18.8. The van der Waals surface area contributed by atoms with Crippen molar-refractivity contribution in [1.29, 1.82) is 5.26 Å². The van der Waals surface area contributed by atoms with E-state index in [1.165, 1.54) is 18.1 Å². The molecule has 0 aliphatic carbocycles. The molecule has 3 N–H and O–H groups in total. The van der Waals surface area contributed by atoms with E-state index >= 15 is 0 Å². The highest BCUT2D eigenvalue weighted by molar-refractivity contribution is 6.30. The van der Waals surface area contributed by atoms with Crippen LogP contribution in [0.25, 0.3) is 0 Å². The molecule has 0 bridgehead atoms. The van der Waals surface area contributed by atoms with Gasteiger partial charge in [0.05, 0.1) is 37.4 Å². The van der Waals surface area contributed by atoms with Crippen LogP contribution in [0.15, 0.2) is 102 Å². The number of nitriles is 1. The number of nitrogens with zero attached hydrogens (tertiary/aromatic N) is 2. The predicted molar refractivity (Wildman–Crippen MR) is 145 cm³/mol. The molecule has 1 amide bonds. The zero-order valence-electron chi connectivity index (χ0n) is 21.0. The van der Waals surface area contributed by atoms with Crippen LogP contribution in [-0.4, -0.2) is 32.1 Å². The van der Waals surface area contributed by atoms with Gasteiger partial charge in [-0.1, -0.05) is 48.0 Å². The number of rotatable bonds is 6. The van der Waals surface area contributed by atoms with Crippen molar-refractivity contribution in [1.82, 2.24) is 0 Å². The molecule has 1 unspecified atom stereocenters. The first-order valence-electron chi connectivity index (χ1n) is 11.6. The quantitative estimate of drug-likeness (QED) is 0.435. The first-order valence-corrected chi connectivity index (χ1v) is 12.0. The molecule has 196 valence electrons. The second kappa shape index (κ2) is 11.5. The average molecular weight is 543 g/mol. The topological polar surface area (TPSA) is 135 Å². The van der Waals surface area contributed by atoms with Gasteiger partial charge in [0.25, 0.3) is 5.91 Å². The Labute approximate surface area is 229 Å². The molecule has 0 radical (unpaired) electrons. The summed E-state index contributed by atoms with van der Waals surface area (Å²) in [4.78, 5) is 40.6. The third-order valence-corrected chi connectivity index (χ3v) is 6.33. The summed E-state index contributed by atoms with van der Waals surface area (Å²) in [5, 5.41) is 13.4. The van der Waals surface area contributed by atoms with E-state index in [-0.39, 0.29) is 33.9 Å². The van der Waals surface area contributed by atoms with Crippen molar-refractivity contribution >= 4 is 40.8 Å². The lowest BCUT2D eigenvalue weighted by molar-refractivity contribution is -0.139. The first kappa shape index (κ1) is 27.0. The number of methoxy groups -OCH3 is 2. The lowest BCUT2D eigenvalue weighted by atomic mass is 9.81. The Hall–Kier alpha value is -5.07. The minimum Gasteiger partial charge on any atom is -0.466 e. The van der Waals surface area contributed by atoms with E-state index < -0.39 is 23.8 Å². The number of allylic oxidation sites excluding steroid dienone is 1. The van der Waals surface area contributed by atoms with Crippen LogP contribution in [0.4, 0.5) is 11.4 Å². The Morgan fingerprint density at radius 2 is 1.62 bits per heavy atom. The second-order valence-corrected chi connectivity index (χ2v) is 8.78. The Balaban J connectivity index is 1.89. The third-order valence-electron chi connectivity index (χ3n) is 6.08. The summed E-state index contributed by atoms with van der Waals surface area (Å²) in [5.74, 6) is -3.27. The number of carbonyl (C=O) groups is 3. The van der Waals surface area contributed by atoms with Crippen LogP contribution in [-0.2, 0) is 19.1 Å². The zero-order chi connectivity index (χ0) is 28.1. The standard InChI is InChI=1S/C29H23ClN4O5/c1-38-28(36)24-23(17-7-4-3-5-8-17)22(16-31)26(32)34(25(24)29(37)39-2)21-10-6-9-18(15-21)27(35)33-20-13-11-19(30)12-14-20/h3-15,23H,32H2,1-2H3,(H,33,35). The highest BCUT2D eigenvalue weighted by Gasteiger charge is 2.43. The number of nitrogens with one attached hydrogen (secondary N) is 1. The Bertz CT molecular complexity index is 1540. The Morgan fingerprint density at radius 1 is 0.949 bits per heavy atom. The minimum absolute atomic E-state index is 0.0188. The van der Waals surface area contributed by atoms with Gasteiger partial charge in [0.1, 0.15) is 11.5 Å². The van der Waals surface area contributed by atoms with Gasteiger partial charge in [0, 0.05) is 22.0 Å². The Kier molecular flexibility index (Phi) is 7.98. The zero-order valence-corrected chi connectivity index (χ0v) is 21.7. The molecular formula is C29H23ClN4O5. The van der Waals surface area contributed by atoms with Gasteiger partial charge in [0.15, 0.2) is 0 Å². The maximum absolute atomic E-state index is 13.2. The maximum Gasteiger partial charge on any atom is 0.355 e. The van der Waals surface area contributed by atoms with Gasteiger partial charge in [-0.15, -0.1) is 0 Å². The molecule has 4 rings (SSSR count). The Morgan fingerprint density at radius 3 is 2.23 bits per heavy atom. The molecule has 1 aliphatic rings. The molecule has 0 spiro atoms. The molecular weight excluding hydrogens is 520 g/mol. The largest absolute Gasteiger partial charge is 0.466 e. The fraction of sp³-hybridized carbons (Fsp3) is 0.103. The number of carbonyl (C=O) groups excluding carboxylic acids is 3. The number of anilines is 2. The number of nitrogens with two attached hydrogens (primary N) is 1. The summed E-state index contributed by atoms with van der Waals surface area (Å²) in [5.41, 5.74) is 7.72. The van der Waals surface area contributed by atoms with Gasteiger partial charge >= 0.3 is 11.9 Å². The van der Waals surface area contributed by atoms with Crippen LogP contribution in [0.1, 0.15) is 21.8 Å². The summed E-state index contributed by atoms with van der Waals surface area (Å²) >= 11 is 5.92.